The molecule has 1 aromatic carbocycles. The van der Waals surface area contributed by atoms with Crippen molar-refractivity contribution in [2.45, 2.75) is 31.8 Å². The molecule has 1 fully saturated rings. The van der Waals surface area contributed by atoms with E-state index in [1.54, 1.807) is 0 Å². The maximum absolute atomic E-state index is 5.58. The van der Waals surface area contributed by atoms with Crippen molar-refractivity contribution >= 4 is 0 Å². The van der Waals surface area contributed by atoms with Gasteiger partial charge in [0.15, 0.2) is 0 Å². The van der Waals surface area contributed by atoms with Crippen LogP contribution in [0.2, 0.25) is 0 Å². The molecule has 1 N–H and O–H groups in total. The average Bonchev–Trinajstić information content (AvgIpc) is 2.83. The highest BCUT2D eigenvalue weighted by Crippen LogP contribution is 2.14. The molecule has 2 rings (SSSR count). The van der Waals surface area contributed by atoms with Crippen LogP contribution in [0.5, 0.6) is 0 Å². The molecule has 88 valence electrons. The van der Waals surface area contributed by atoms with E-state index in [4.69, 9.17) is 4.74 Å². The molecule has 16 heavy (non-hydrogen) atoms. The predicted molar refractivity (Wildman–Crippen MR) is 66.7 cm³/mol. The van der Waals surface area contributed by atoms with Crippen LogP contribution in [0, 0.1) is 0 Å². The highest BCUT2D eigenvalue weighted by atomic mass is 16.5. The summed E-state index contributed by atoms with van der Waals surface area (Å²) in [6, 6.07) is 10.7. The minimum Gasteiger partial charge on any atom is -0.377 e. The third kappa shape index (κ3) is 3.32. The predicted octanol–water partition coefficient (Wildman–Crippen LogP) is 2.56. The van der Waals surface area contributed by atoms with Gasteiger partial charge in [-0.2, -0.15) is 0 Å². The summed E-state index contributed by atoms with van der Waals surface area (Å²) in [4.78, 5) is 0. The molecule has 0 bridgehead atoms. The lowest BCUT2D eigenvalue weighted by atomic mass is 10.0. The molecule has 1 aliphatic heterocycles. The lowest BCUT2D eigenvalue weighted by molar-refractivity contribution is 0.110. The van der Waals surface area contributed by atoms with Gasteiger partial charge in [0, 0.05) is 19.7 Å². The summed E-state index contributed by atoms with van der Waals surface area (Å²) in [6.07, 6.45) is 2.88. The van der Waals surface area contributed by atoms with Crippen LogP contribution in [0.4, 0.5) is 0 Å². The molecular weight excluding hydrogens is 198 g/mol. The Balaban J connectivity index is 1.69. The first-order chi connectivity index (χ1) is 7.86. The molecule has 1 aromatic rings. The zero-order chi connectivity index (χ0) is 11.2. The molecular formula is C14H21NO. The Kier molecular flexibility index (Phi) is 4.37. The van der Waals surface area contributed by atoms with Gasteiger partial charge in [0.2, 0.25) is 0 Å². The van der Waals surface area contributed by atoms with Crippen LogP contribution in [0.1, 0.15) is 31.2 Å². The van der Waals surface area contributed by atoms with Gasteiger partial charge in [-0.15, -0.1) is 0 Å². The minimum atomic E-state index is 0.447. The summed E-state index contributed by atoms with van der Waals surface area (Å²) in [6.45, 7) is 5.24. The van der Waals surface area contributed by atoms with Crippen molar-refractivity contribution in [3.63, 3.8) is 0 Å². The van der Waals surface area contributed by atoms with Crippen LogP contribution in [0.25, 0.3) is 0 Å². The van der Waals surface area contributed by atoms with E-state index in [2.05, 4.69) is 42.6 Å². The molecule has 0 amide bonds. The van der Waals surface area contributed by atoms with Crippen molar-refractivity contribution < 1.29 is 4.74 Å². The highest BCUT2D eigenvalue weighted by molar-refractivity contribution is 5.18. The van der Waals surface area contributed by atoms with Gasteiger partial charge in [-0.3, -0.25) is 0 Å². The zero-order valence-electron chi connectivity index (χ0n) is 9.99. The van der Waals surface area contributed by atoms with Gasteiger partial charge in [0.25, 0.3) is 0 Å². The first-order valence-electron chi connectivity index (χ1n) is 6.23. The summed E-state index contributed by atoms with van der Waals surface area (Å²) in [5.41, 5.74) is 1.40. The Morgan fingerprint density at radius 2 is 2.19 bits per heavy atom. The van der Waals surface area contributed by atoms with Crippen molar-refractivity contribution in [2.24, 2.45) is 0 Å². The van der Waals surface area contributed by atoms with Crippen molar-refractivity contribution in [1.82, 2.24) is 5.32 Å². The molecule has 1 aliphatic rings. The zero-order valence-corrected chi connectivity index (χ0v) is 9.99. The monoisotopic (exact) mass is 219 g/mol. The fraction of sp³-hybridized carbons (Fsp3) is 0.571. The molecule has 1 saturated heterocycles. The molecule has 0 radical (unpaired) electrons. The number of ether oxygens (including phenoxy) is 1. The average molecular weight is 219 g/mol. The molecule has 2 heteroatoms. The van der Waals surface area contributed by atoms with Crippen LogP contribution in [0.3, 0.4) is 0 Å². The molecule has 0 aliphatic carbocycles. The topological polar surface area (TPSA) is 21.3 Å². The summed E-state index contributed by atoms with van der Waals surface area (Å²) in [5, 5.41) is 3.50. The second kappa shape index (κ2) is 6.02. The Morgan fingerprint density at radius 1 is 1.38 bits per heavy atom. The lowest BCUT2D eigenvalue weighted by Gasteiger charge is -2.15. The van der Waals surface area contributed by atoms with E-state index in [9.17, 15) is 0 Å². The summed E-state index contributed by atoms with van der Waals surface area (Å²) < 4.78 is 5.58. The number of hydrogen-bond acceptors (Lipinski definition) is 2. The summed E-state index contributed by atoms with van der Waals surface area (Å²) in [5.74, 6) is 0.572. The van der Waals surface area contributed by atoms with Crippen molar-refractivity contribution in [3.8, 4) is 0 Å². The molecule has 0 aromatic heterocycles. The van der Waals surface area contributed by atoms with Crippen molar-refractivity contribution in [2.75, 3.05) is 19.7 Å². The minimum absolute atomic E-state index is 0.447. The Bertz CT molecular complexity index is 293. The lowest BCUT2D eigenvalue weighted by Crippen LogP contribution is -2.29. The normalized spacial score (nSPS) is 22.2. The summed E-state index contributed by atoms with van der Waals surface area (Å²) in [7, 11) is 0. The Hall–Kier alpha value is -0.860. The number of benzene rings is 1. The van der Waals surface area contributed by atoms with E-state index in [-0.39, 0.29) is 0 Å². The second-order valence-electron chi connectivity index (χ2n) is 4.61. The van der Waals surface area contributed by atoms with Crippen LogP contribution < -0.4 is 5.32 Å². The van der Waals surface area contributed by atoms with Crippen LogP contribution in [-0.4, -0.2) is 25.8 Å². The van der Waals surface area contributed by atoms with E-state index in [0.717, 1.165) is 19.7 Å². The number of rotatable bonds is 5. The van der Waals surface area contributed by atoms with Gasteiger partial charge in [-0.05, 0) is 24.3 Å². The second-order valence-corrected chi connectivity index (χ2v) is 4.61. The van der Waals surface area contributed by atoms with E-state index in [1.807, 2.05) is 0 Å². The molecule has 2 nitrogen and oxygen atoms in total. The SMILES string of the molecule is C[C@@H](CNC[C@H]1CCCO1)c1ccccc1. The Morgan fingerprint density at radius 3 is 2.88 bits per heavy atom. The van der Waals surface area contributed by atoms with Gasteiger partial charge in [-0.25, -0.2) is 0 Å². The Labute approximate surface area is 98.0 Å². The van der Waals surface area contributed by atoms with Gasteiger partial charge in [0.1, 0.15) is 0 Å². The molecule has 0 unspecified atom stereocenters. The van der Waals surface area contributed by atoms with E-state index in [0.29, 0.717) is 12.0 Å². The quantitative estimate of drug-likeness (QED) is 0.821. The van der Waals surface area contributed by atoms with Crippen LogP contribution in [-0.2, 0) is 4.74 Å². The highest BCUT2D eigenvalue weighted by Gasteiger charge is 2.15. The van der Waals surface area contributed by atoms with E-state index >= 15 is 0 Å². The van der Waals surface area contributed by atoms with Crippen LogP contribution >= 0.6 is 0 Å². The third-order valence-corrected chi connectivity index (χ3v) is 3.22. The van der Waals surface area contributed by atoms with Gasteiger partial charge in [-0.1, -0.05) is 37.3 Å². The first-order valence-corrected chi connectivity index (χ1v) is 6.23. The fourth-order valence-electron chi connectivity index (χ4n) is 2.17. The fourth-order valence-corrected chi connectivity index (χ4v) is 2.17. The number of nitrogens with one attached hydrogen (secondary N) is 1. The first kappa shape index (κ1) is 11.6. The summed E-state index contributed by atoms with van der Waals surface area (Å²) >= 11 is 0. The van der Waals surface area contributed by atoms with E-state index in [1.165, 1.54) is 18.4 Å². The maximum atomic E-state index is 5.58. The van der Waals surface area contributed by atoms with Gasteiger partial charge in [0.05, 0.1) is 6.10 Å². The van der Waals surface area contributed by atoms with Crippen LogP contribution in [0.15, 0.2) is 30.3 Å². The van der Waals surface area contributed by atoms with Gasteiger partial charge < -0.3 is 10.1 Å². The molecule has 0 spiro atoms. The molecule has 1 heterocycles. The maximum Gasteiger partial charge on any atom is 0.0700 e. The third-order valence-electron chi connectivity index (χ3n) is 3.22. The van der Waals surface area contributed by atoms with Gasteiger partial charge >= 0.3 is 0 Å². The van der Waals surface area contributed by atoms with Crippen molar-refractivity contribution in [3.05, 3.63) is 35.9 Å². The van der Waals surface area contributed by atoms with E-state index < -0.39 is 0 Å². The number of hydrogen-bond donors (Lipinski definition) is 1. The largest absolute Gasteiger partial charge is 0.377 e. The smallest absolute Gasteiger partial charge is 0.0700 e. The molecule has 2 atom stereocenters. The standard InChI is InChI=1S/C14H21NO/c1-12(13-6-3-2-4-7-13)10-15-11-14-8-5-9-16-14/h2-4,6-7,12,14-15H,5,8-11H2,1H3/t12-,14+/m0/s1. The molecule has 0 saturated carbocycles. The van der Waals surface area contributed by atoms with Crippen molar-refractivity contribution in [1.29, 1.82) is 0 Å².